The Hall–Kier alpha value is -1.61. The molecule has 2 aromatic carbocycles. The highest BCUT2D eigenvalue weighted by atomic mass is 32.2. The molecule has 2 aromatic rings. The van der Waals surface area contributed by atoms with Crippen LogP contribution in [-0.2, 0) is 12.8 Å². The van der Waals surface area contributed by atoms with Crippen molar-refractivity contribution in [1.29, 1.82) is 0 Å². The molecule has 208 valence electrons. The van der Waals surface area contributed by atoms with Gasteiger partial charge >= 0.3 is 0 Å². The molecule has 2 rings (SSSR count). The molecule has 0 bridgehead atoms. The van der Waals surface area contributed by atoms with E-state index < -0.39 is 0 Å². The molecule has 0 radical (unpaired) electrons. The maximum absolute atomic E-state index is 10.1. The Labute approximate surface area is 232 Å². The zero-order chi connectivity index (χ0) is 26.6. The molecule has 2 nitrogen and oxygen atoms in total. The first-order valence-corrected chi connectivity index (χ1v) is 16.3. The van der Waals surface area contributed by atoms with Gasteiger partial charge in [-0.25, -0.2) is 0 Å². The summed E-state index contributed by atoms with van der Waals surface area (Å²) in [4.78, 5) is 2.47. The van der Waals surface area contributed by atoms with Crippen molar-refractivity contribution in [2.45, 2.75) is 152 Å². The second kappa shape index (κ2) is 20.4. The van der Waals surface area contributed by atoms with Crippen LogP contribution in [0.3, 0.4) is 0 Å². The highest BCUT2D eigenvalue weighted by molar-refractivity contribution is 7.99. The van der Waals surface area contributed by atoms with Gasteiger partial charge in [0, 0.05) is 9.79 Å². The maximum atomic E-state index is 10.1. The molecule has 0 saturated heterocycles. The molecule has 0 aromatic heterocycles. The Balaban J connectivity index is 1.82. The first-order valence-electron chi connectivity index (χ1n) is 15.5. The number of phenols is 2. The van der Waals surface area contributed by atoms with Gasteiger partial charge in [0.2, 0.25) is 0 Å². The maximum Gasteiger partial charge on any atom is 0.115 e. The van der Waals surface area contributed by atoms with E-state index in [9.17, 15) is 10.2 Å². The van der Waals surface area contributed by atoms with Crippen molar-refractivity contribution < 1.29 is 10.2 Å². The predicted molar refractivity (Wildman–Crippen MR) is 162 cm³/mol. The molecular weight excluding hydrogens is 472 g/mol. The molecule has 0 spiro atoms. The van der Waals surface area contributed by atoms with Crippen LogP contribution in [0.15, 0.2) is 46.2 Å². The van der Waals surface area contributed by atoms with Gasteiger partial charge in [0.15, 0.2) is 0 Å². The SMILES string of the molecule is CCCCCCCCCCCc1cc(O)ccc1Sc1ccc(O)cc1CCCCCCCCCCC. The van der Waals surface area contributed by atoms with E-state index in [-0.39, 0.29) is 0 Å². The first kappa shape index (κ1) is 31.6. The van der Waals surface area contributed by atoms with Crippen LogP contribution in [0, 0.1) is 0 Å². The van der Waals surface area contributed by atoms with Crippen LogP contribution in [0.5, 0.6) is 11.5 Å². The van der Waals surface area contributed by atoms with E-state index >= 15 is 0 Å². The van der Waals surface area contributed by atoms with Gasteiger partial charge in [-0.3, -0.25) is 0 Å². The first-order chi connectivity index (χ1) is 18.1. The van der Waals surface area contributed by atoms with Crippen molar-refractivity contribution in [3.05, 3.63) is 47.5 Å². The lowest BCUT2D eigenvalue weighted by Gasteiger charge is -2.14. The summed E-state index contributed by atoms with van der Waals surface area (Å²) in [6.07, 6.45) is 25.9. The topological polar surface area (TPSA) is 40.5 Å². The normalized spacial score (nSPS) is 11.3. The van der Waals surface area contributed by atoms with Crippen molar-refractivity contribution in [2.75, 3.05) is 0 Å². The second-order valence-corrected chi connectivity index (χ2v) is 11.9. The lowest BCUT2D eigenvalue weighted by Crippen LogP contribution is -1.93. The number of hydrogen-bond acceptors (Lipinski definition) is 3. The minimum atomic E-state index is 0.357. The zero-order valence-corrected chi connectivity index (χ0v) is 24.7. The minimum Gasteiger partial charge on any atom is -0.508 e. The van der Waals surface area contributed by atoms with Gasteiger partial charge in [-0.15, -0.1) is 0 Å². The number of phenolic OH excluding ortho intramolecular Hbond substituents is 2. The second-order valence-electron chi connectivity index (χ2n) is 10.8. The number of rotatable bonds is 22. The third-order valence-electron chi connectivity index (χ3n) is 7.41. The third-order valence-corrected chi connectivity index (χ3v) is 8.64. The smallest absolute Gasteiger partial charge is 0.115 e. The molecule has 0 unspecified atom stereocenters. The molecule has 0 heterocycles. The van der Waals surface area contributed by atoms with E-state index in [1.54, 1.807) is 11.8 Å². The summed E-state index contributed by atoms with van der Waals surface area (Å²) in [5.74, 6) is 0.715. The lowest BCUT2D eigenvalue weighted by molar-refractivity contribution is 0.473. The summed E-state index contributed by atoms with van der Waals surface area (Å²) in [5, 5.41) is 20.3. The Morgan fingerprint density at radius 2 is 0.784 bits per heavy atom. The van der Waals surface area contributed by atoms with E-state index in [4.69, 9.17) is 0 Å². The van der Waals surface area contributed by atoms with Gasteiger partial charge < -0.3 is 10.2 Å². The Bertz CT molecular complexity index is 778. The molecule has 0 aliphatic carbocycles. The highest BCUT2D eigenvalue weighted by Gasteiger charge is 2.11. The van der Waals surface area contributed by atoms with E-state index in [0.717, 1.165) is 12.8 Å². The van der Waals surface area contributed by atoms with E-state index in [0.29, 0.717) is 11.5 Å². The molecule has 0 aliphatic heterocycles. The van der Waals surface area contributed by atoms with Crippen molar-refractivity contribution in [3.63, 3.8) is 0 Å². The molecule has 37 heavy (non-hydrogen) atoms. The fraction of sp³-hybridized carbons (Fsp3) is 0.647. The Morgan fingerprint density at radius 3 is 1.14 bits per heavy atom. The van der Waals surface area contributed by atoms with Crippen molar-refractivity contribution in [1.82, 2.24) is 0 Å². The molecular formula is C34H54O2S. The van der Waals surface area contributed by atoms with Gasteiger partial charge in [-0.05, 0) is 73.2 Å². The van der Waals surface area contributed by atoms with Crippen molar-refractivity contribution >= 4 is 11.8 Å². The molecule has 0 saturated carbocycles. The molecule has 0 fully saturated rings. The third kappa shape index (κ3) is 14.2. The summed E-state index contributed by atoms with van der Waals surface area (Å²) in [6, 6.07) is 11.7. The summed E-state index contributed by atoms with van der Waals surface area (Å²) in [6.45, 7) is 4.54. The zero-order valence-electron chi connectivity index (χ0n) is 23.9. The average Bonchev–Trinajstić information content (AvgIpc) is 2.89. The molecule has 0 aliphatic rings. The number of benzene rings is 2. The molecule has 2 N–H and O–H groups in total. The van der Waals surface area contributed by atoms with Crippen LogP contribution >= 0.6 is 11.8 Å². The highest BCUT2D eigenvalue weighted by Crippen LogP contribution is 2.37. The van der Waals surface area contributed by atoms with Crippen LogP contribution in [0.4, 0.5) is 0 Å². The van der Waals surface area contributed by atoms with Gasteiger partial charge in [-0.2, -0.15) is 0 Å². The minimum absolute atomic E-state index is 0.357. The fourth-order valence-corrected chi connectivity index (χ4v) is 6.19. The summed E-state index contributed by atoms with van der Waals surface area (Å²) >= 11 is 1.80. The Kier molecular flexibility index (Phi) is 17.4. The number of unbranched alkanes of at least 4 members (excludes halogenated alkanes) is 16. The van der Waals surface area contributed by atoms with Crippen LogP contribution in [-0.4, -0.2) is 10.2 Å². The largest absolute Gasteiger partial charge is 0.508 e. The van der Waals surface area contributed by atoms with E-state index in [1.165, 1.54) is 136 Å². The van der Waals surface area contributed by atoms with E-state index in [2.05, 4.69) is 26.0 Å². The van der Waals surface area contributed by atoms with Gasteiger partial charge in [0.1, 0.15) is 11.5 Å². The van der Waals surface area contributed by atoms with E-state index in [1.807, 2.05) is 24.3 Å². The molecule has 0 amide bonds. The standard InChI is InChI=1S/C34H54O2S/c1-3-5-7-9-11-13-15-17-19-21-29-27-31(35)23-25-33(29)37-34-26-24-32(36)28-30(34)22-20-18-16-14-12-10-8-6-4-2/h23-28,35-36H,3-22H2,1-2H3. The van der Waals surface area contributed by atoms with Crippen LogP contribution in [0.2, 0.25) is 0 Å². The Morgan fingerprint density at radius 1 is 0.459 bits per heavy atom. The average molecular weight is 527 g/mol. The summed E-state index contributed by atoms with van der Waals surface area (Å²) < 4.78 is 0. The van der Waals surface area contributed by atoms with Gasteiger partial charge in [0.05, 0.1) is 0 Å². The monoisotopic (exact) mass is 526 g/mol. The van der Waals surface area contributed by atoms with Crippen molar-refractivity contribution in [2.24, 2.45) is 0 Å². The number of hydrogen-bond donors (Lipinski definition) is 2. The lowest BCUT2D eigenvalue weighted by atomic mass is 10.0. The summed E-state index contributed by atoms with van der Waals surface area (Å²) in [5.41, 5.74) is 2.49. The van der Waals surface area contributed by atoms with Crippen LogP contribution in [0.1, 0.15) is 141 Å². The van der Waals surface area contributed by atoms with Crippen LogP contribution < -0.4 is 0 Å². The van der Waals surface area contributed by atoms with Gasteiger partial charge in [0.25, 0.3) is 0 Å². The predicted octanol–water partition coefficient (Wildman–Crippen LogP) is 11.4. The van der Waals surface area contributed by atoms with Crippen molar-refractivity contribution in [3.8, 4) is 11.5 Å². The molecule has 3 heteroatoms. The quantitative estimate of drug-likeness (QED) is 0.150. The van der Waals surface area contributed by atoms with Crippen LogP contribution in [0.25, 0.3) is 0 Å². The molecule has 0 atom stereocenters. The summed E-state index contributed by atoms with van der Waals surface area (Å²) in [7, 11) is 0. The number of aryl methyl sites for hydroxylation is 2. The fourth-order valence-electron chi connectivity index (χ4n) is 5.09. The van der Waals surface area contributed by atoms with Gasteiger partial charge in [-0.1, -0.05) is 128 Å². The number of aromatic hydroxyl groups is 2.